The van der Waals surface area contributed by atoms with E-state index in [4.69, 9.17) is 10.2 Å². The van der Waals surface area contributed by atoms with Crippen LogP contribution in [0.5, 0.6) is 0 Å². The summed E-state index contributed by atoms with van der Waals surface area (Å²) in [5.41, 5.74) is 5.98. The van der Waals surface area contributed by atoms with Crippen molar-refractivity contribution >= 4 is 14.0 Å². The van der Waals surface area contributed by atoms with Crippen LogP contribution < -0.4 is 5.73 Å². The molecule has 0 amide bonds. The summed E-state index contributed by atoms with van der Waals surface area (Å²) in [4.78, 5) is 0. The molecule has 0 aliphatic heterocycles. The molecule has 19 heavy (non-hydrogen) atoms. The molecular weight excluding hydrogens is 261 g/mol. The molecule has 0 heterocycles. The summed E-state index contributed by atoms with van der Waals surface area (Å²) in [5.74, 6) is -0.510. The highest BCUT2D eigenvalue weighted by Crippen LogP contribution is 2.37. The number of hydrogen-bond acceptors (Lipinski definition) is 3. The largest absolute Gasteiger partial charge is 0.414 e. The molecule has 3 N–H and O–H groups in total. The van der Waals surface area contributed by atoms with Crippen LogP contribution in [0.4, 0.5) is 10.1 Å². The van der Waals surface area contributed by atoms with Crippen molar-refractivity contribution in [3.05, 3.63) is 29.6 Å². The molecule has 5 heteroatoms. The average molecular weight is 285 g/mol. The first-order chi connectivity index (χ1) is 8.54. The lowest BCUT2D eigenvalue weighted by Crippen LogP contribution is -2.41. The van der Waals surface area contributed by atoms with Crippen LogP contribution in [0, 0.1) is 5.82 Å². The molecule has 0 spiro atoms. The third kappa shape index (κ3) is 4.02. The maximum absolute atomic E-state index is 13.3. The van der Waals surface area contributed by atoms with Gasteiger partial charge in [-0.15, -0.1) is 0 Å². The van der Waals surface area contributed by atoms with Gasteiger partial charge >= 0.3 is 0 Å². The Morgan fingerprint density at radius 2 is 1.95 bits per heavy atom. The van der Waals surface area contributed by atoms with Gasteiger partial charge in [-0.1, -0.05) is 26.8 Å². The Morgan fingerprint density at radius 1 is 1.37 bits per heavy atom. The second-order valence-electron chi connectivity index (χ2n) is 6.37. The number of nitrogens with two attached hydrogens (primary N) is 1. The number of aliphatic hydroxyl groups is 1. The first-order valence-electron chi connectivity index (χ1n) is 6.41. The van der Waals surface area contributed by atoms with Crippen LogP contribution in [0.15, 0.2) is 18.2 Å². The lowest BCUT2D eigenvalue weighted by atomic mass is 10.1. The van der Waals surface area contributed by atoms with Gasteiger partial charge in [-0.25, -0.2) is 4.39 Å². The summed E-state index contributed by atoms with van der Waals surface area (Å²) in [5, 5.41) is 10.1. The number of aliphatic hydroxyl groups excluding tert-OH is 1. The molecule has 1 aromatic carbocycles. The summed E-state index contributed by atoms with van der Waals surface area (Å²) < 4.78 is 19.3. The van der Waals surface area contributed by atoms with Crippen LogP contribution >= 0.6 is 0 Å². The molecule has 1 atom stereocenters. The molecule has 3 nitrogen and oxygen atoms in total. The topological polar surface area (TPSA) is 55.5 Å². The van der Waals surface area contributed by atoms with Gasteiger partial charge < -0.3 is 15.3 Å². The van der Waals surface area contributed by atoms with Crippen LogP contribution in [0.25, 0.3) is 0 Å². The first-order valence-corrected chi connectivity index (χ1v) is 9.32. The van der Waals surface area contributed by atoms with Gasteiger partial charge in [0.05, 0.1) is 12.3 Å². The molecule has 1 rings (SSSR count). The molecular formula is C14H24FNO2Si. The molecule has 0 bridgehead atoms. The van der Waals surface area contributed by atoms with Crippen molar-refractivity contribution in [2.75, 3.05) is 12.3 Å². The smallest absolute Gasteiger partial charge is 0.192 e. The molecule has 0 fully saturated rings. The monoisotopic (exact) mass is 285 g/mol. The minimum Gasteiger partial charge on any atom is -0.414 e. The minimum absolute atomic E-state index is 0.0824. The second kappa shape index (κ2) is 5.61. The number of anilines is 1. The van der Waals surface area contributed by atoms with Gasteiger partial charge in [-0.3, -0.25) is 0 Å². The number of nitrogen functional groups attached to an aromatic ring is 1. The molecule has 0 aliphatic carbocycles. The molecule has 108 valence electrons. The van der Waals surface area contributed by atoms with Gasteiger partial charge in [0.15, 0.2) is 8.32 Å². The van der Waals surface area contributed by atoms with Crippen molar-refractivity contribution in [2.45, 2.75) is 45.0 Å². The Labute approximate surface area is 115 Å². The van der Waals surface area contributed by atoms with E-state index in [0.29, 0.717) is 5.56 Å². The fraction of sp³-hybridized carbons (Fsp3) is 0.571. The Kier molecular flexibility index (Phi) is 4.76. The van der Waals surface area contributed by atoms with Crippen molar-refractivity contribution in [2.24, 2.45) is 0 Å². The van der Waals surface area contributed by atoms with Crippen molar-refractivity contribution in [3.63, 3.8) is 0 Å². The van der Waals surface area contributed by atoms with E-state index in [-0.39, 0.29) is 17.3 Å². The van der Waals surface area contributed by atoms with Crippen LogP contribution in [-0.2, 0) is 4.43 Å². The second-order valence-corrected chi connectivity index (χ2v) is 11.2. The quantitative estimate of drug-likeness (QED) is 0.658. The first kappa shape index (κ1) is 16.1. The Hall–Kier alpha value is -0.913. The summed E-state index contributed by atoms with van der Waals surface area (Å²) in [6.07, 6.45) is -0.829. The Bertz CT molecular complexity index is 444. The van der Waals surface area contributed by atoms with E-state index < -0.39 is 20.2 Å². The zero-order valence-corrected chi connectivity index (χ0v) is 13.3. The summed E-state index contributed by atoms with van der Waals surface area (Å²) in [6.45, 7) is 10.8. The average Bonchev–Trinajstić information content (AvgIpc) is 2.28. The van der Waals surface area contributed by atoms with Crippen molar-refractivity contribution in [3.8, 4) is 0 Å². The van der Waals surface area contributed by atoms with E-state index in [1.165, 1.54) is 12.1 Å². The van der Waals surface area contributed by atoms with Crippen molar-refractivity contribution in [1.29, 1.82) is 0 Å². The number of benzene rings is 1. The van der Waals surface area contributed by atoms with Gasteiger partial charge in [-0.2, -0.15) is 0 Å². The number of rotatable bonds is 4. The van der Waals surface area contributed by atoms with E-state index in [9.17, 15) is 9.50 Å². The van der Waals surface area contributed by atoms with Gasteiger partial charge in [0.2, 0.25) is 0 Å². The van der Waals surface area contributed by atoms with E-state index in [0.717, 1.165) is 0 Å². The zero-order valence-electron chi connectivity index (χ0n) is 12.3. The molecule has 0 saturated heterocycles. The SMILES string of the molecule is CC(C)(C)[Si](C)(C)OCC(O)c1ccc(N)c(F)c1. The highest BCUT2D eigenvalue weighted by molar-refractivity contribution is 6.74. The fourth-order valence-electron chi connectivity index (χ4n) is 1.35. The predicted octanol–water partition coefficient (Wildman–Crippen LogP) is 3.46. The van der Waals surface area contributed by atoms with E-state index >= 15 is 0 Å². The van der Waals surface area contributed by atoms with E-state index in [1.807, 2.05) is 0 Å². The van der Waals surface area contributed by atoms with E-state index in [2.05, 4.69) is 33.9 Å². The van der Waals surface area contributed by atoms with Gasteiger partial charge in [-0.05, 0) is 35.8 Å². The van der Waals surface area contributed by atoms with Crippen molar-refractivity contribution < 1.29 is 13.9 Å². The molecule has 0 radical (unpaired) electrons. The summed E-state index contributed by atoms with van der Waals surface area (Å²) in [7, 11) is -1.90. The molecule has 1 aromatic rings. The predicted molar refractivity (Wildman–Crippen MR) is 78.9 cm³/mol. The Morgan fingerprint density at radius 3 is 2.42 bits per heavy atom. The zero-order chi connectivity index (χ0) is 14.8. The lowest BCUT2D eigenvalue weighted by molar-refractivity contribution is 0.100. The molecule has 0 aromatic heterocycles. The minimum atomic E-state index is -1.90. The standard InChI is InChI=1S/C14H24FNO2Si/c1-14(2,3)19(4,5)18-9-13(17)10-6-7-12(16)11(15)8-10/h6-8,13,17H,9,16H2,1-5H3. The van der Waals surface area contributed by atoms with Crippen LogP contribution in [0.2, 0.25) is 18.1 Å². The van der Waals surface area contributed by atoms with Crippen LogP contribution in [0.3, 0.4) is 0 Å². The maximum atomic E-state index is 13.3. The highest BCUT2D eigenvalue weighted by atomic mass is 28.4. The number of halogens is 1. The third-order valence-electron chi connectivity index (χ3n) is 3.82. The van der Waals surface area contributed by atoms with E-state index in [1.54, 1.807) is 6.07 Å². The van der Waals surface area contributed by atoms with Gasteiger partial charge in [0.1, 0.15) is 11.9 Å². The molecule has 1 unspecified atom stereocenters. The lowest BCUT2D eigenvalue weighted by Gasteiger charge is -2.36. The Balaban J connectivity index is 2.70. The van der Waals surface area contributed by atoms with Gasteiger partial charge in [0.25, 0.3) is 0 Å². The van der Waals surface area contributed by atoms with Crippen LogP contribution in [-0.4, -0.2) is 20.0 Å². The highest BCUT2D eigenvalue weighted by Gasteiger charge is 2.37. The normalized spacial score (nSPS) is 14.5. The number of hydrogen-bond donors (Lipinski definition) is 2. The van der Waals surface area contributed by atoms with Gasteiger partial charge in [0, 0.05) is 0 Å². The third-order valence-corrected chi connectivity index (χ3v) is 8.32. The van der Waals surface area contributed by atoms with Crippen LogP contribution in [0.1, 0.15) is 32.4 Å². The fourth-order valence-corrected chi connectivity index (χ4v) is 2.36. The molecule has 0 aliphatic rings. The maximum Gasteiger partial charge on any atom is 0.192 e. The molecule has 0 saturated carbocycles. The summed E-state index contributed by atoms with van der Waals surface area (Å²) in [6, 6.07) is 4.34. The van der Waals surface area contributed by atoms with Crippen molar-refractivity contribution in [1.82, 2.24) is 0 Å². The summed E-state index contributed by atoms with van der Waals surface area (Å²) >= 11 is 0.